The molecule has 2 rings (SSSR count). The van der Waals surface area contributed by atoms with E-state index in [0.29, 0.717) is 11.3 Å². The van der Waals surface area contributed by atoms with Crippen molar-refractivity contribution in [2.45, 2.75) is 25.7 Å². The van der Waals surface area contributed by atoms with Crippen molar-refractivity contribution in [2.75, 3.05) is 4.72 Å². The van der Waals surface area contributed by atoms with Gasteiger partial charge in [0.1, 0.15) is 0 Å². The Hall–Kier alpha value is -1.34. The van der Waals surface area contributed by atoms with E-state index < -0.39 is 10.0 Å². The molecule has 2 aromatic rings. The molecule has 0 aliphatic heterocycles. The molecule has 0 bridgehead atoms. The lowest BCUT2D eigenvalue weighted by molar-refractivity contribution is 0.430. The molecule has 1 aromatic heterocycles. The van der Waals surface area contributed by atoms with Crippen molar-refractivity contribution < 1.29 is 12.9 Å². The highest BCUT2D eigenvalue weighted by molar-refractivity contribution is 9.10. The van der Waals surface area contributed by atoms with E-state index >= 15 is 0 Å². The predicted octanol–water partition coefficient (Wildman–Crippen LogP) is 3.16. The highest BCUT2D eigenvalue weighted by Gasteiger charge is 2.19. The van der Waals surface area contributed by atoms with Crippen LogP contribution in [0.5, 0.6) is 0 Å². The first-order valence-electron chi connectivity index (χ1n) is 5.53. The van der Waals surface area contributed by atoms with Crippen molar-refractivity contribution in [3.8, 4) is 0 Å². The fourth-order valence-electron chi connectivity index (χ4n) is 1.48. The number of hydrogen-bond acceptors (Lipinski definition) is 4. The Morgan fingerprint density at radius 1 is 1.26 bits per heavy atom. The van der Waals surface area contributed by atoms with E-state index in [1.165, 1.54) is 6.07 Å². The van der Waals surface area contributed by atoms with Crippen LogP contribution < -0.4 is 4.72 Å². The van der Waals surface area contributed by atoms with Crippen LogP contribution in [0.1, 0.15) is 16.8 Å². The van der Waals surface area contributed by atoms with Crippen LogP contribution >= 0.6 is 15.9 Å². The number of nitrogens with one attached hydrogen (secondary N) is 1. The first kappa shape index (κ1) is 14.1. The normalized spacial score (nSPS) is 11.6. The molecule has 102 valence electrons. The molecule has 5 nitrogen and oxygen atoms in total. The number of aryl methyl sites for hydroxylation is 2. The summed E-state index contributed by atoms with van der Waals surface area (Å²) in [4.78, 5) is 0.182. The number of benzene rings is 1. The average molecular weight is 345 g/mol. The van der Waals surface area contributed by atoms with Gasteiger partial charge in [-0.1, -0.05) is 21.1 Å². The van der Waals surface area contributed by atoms with Crippen molar-refractivity contribution >= 4 is 31.8 Å². The molecule has 0 spiro atoms. The van der Waals surface area contributed by atoms with Gasteiger partial charge in [-0.05, 0) is 44.5 Å². The Morgan fingerprint density at radius 3 is 2.47 bits per heavy atom. The number of sulfonamides is 1. The van der Waals surface area contributed by atoms with Gasteiger partial charge in [0.25, 0.3) is 10.0 Å². The molecule has 0 aliphatic rings. The Labute approximate surface area is 120 Å². The van der Waals surface area contributed by atoms with Crippen LogP contribution in [0.15, 0.2) is 32.1 Å². The molecule has 7 heteroatoms. The standard InChI is InChI=1S/C12H13BrN2O3S/c1-7-6-10(4-5-11(7)13)19(16,17)15-12-8(2)9(3)14-18-12/h4-6,15H,1-3H3. The molecule has 0 saturated heterocycles. The molecule has 0 unspecified atom stereocenters. The molecule has 0 radical (unpaired) electrons. The van der Waals surface area contributed by atoms with Gasteiger partial charge in [0, 0.05) is 10.0 Å². The highest BCUT2D eigenvalue weighted by Crippen LogP contribution is 2.24. The Balaban J connectivity index is 2.37. The maximum Gasteiger partial charge on any atom is 0.264 e. The summed E-state index contributed by atoms with van der Waals surface area (Å²) in [6.45, 7) is 5.32. The number of hydrogen-bond donors (Lipinski definition) is 1. The quantitative estimate of drug-likeness (QED) is 0.928. The van der Waals surface area contributed by atoms with Crippen LogP contribution in [0.25, 0.3) is 0 Å². The fourth-order valence-corrected chi connectivity index (χ4v) is 2.85. The van der Waals surface area contributed by atoms with E-state index in [2.05, 4.69) is 25.8 Å². The largest absolute Gasteiger partial charge is 0.337 e. The minimum Gasteiger partial charge on any atom is -0.337 e. The number of anilines is 1. The van der Waals surface area contributed by atoms with Crippen LogP contribution in [0.3, 0.4) is 0 Å². The third kappa shape index (κ3) is 2.82. The SMILES string of the molecule is Cc1cc(S(=O)(=O)Nc2onc(C)c2C)ccc1Br. The minimum absolute atomic E-state index is 0.151. The zero-order chi connectivity index (χ0) is 14.2. The van der Waals surface area contributed by atoms with Gasteiger partial charge >= 0.3 is 0 Å². The molecule has 0 fully saturated rings. The van der Waals surface area contributed by atoms with Gasteiger partial charge in [-0.15, -0.1) is 0 Å². The van der Waals surface area contributed by atoms with Gasteiger partial charge in [0.15, 0.2) is 0 Å². The maximum atomic E-state index is 12.2. The molecule has 0 atom stereocenters. The van der Waals surface area contributed by atoms with Crippen molar-refractivity contribution in [3.63, 3.8) is 0 Å². The van der Waals surface area contributed by atoms with E-state index in [4.69, 9.17) is 4.52 Å². The first-order valence-corrected chi connectivity index (χ1v) is 7.81. The highest BCUT2D eigenvalue weighted by atomic mass is 79.9. The summed E-state index contributed by atoms with van der Waals surface area (Å²) >= 11 is 3.33. The molecular weight excluding hydrogens is 332 g/mol. The first-order chi connectivity index (χ1) is 8.81. The van der Waals surface area contributed by atoms with E-state index in [-0.39, 0.29) is 10.8 Å². The van der Waals surface area contributed by atoms with Gasteiger partial charge in [0.05, 0.1) is 10.6 Å². The molecule has 1 heterocycles. The average Bonchev–Trinajstić information content (AvgIpc) is 2.64. The van der Waals surface area contributed by atoms with Gasteiger partial charge in [-0.2, -0.15) is 0 Å². The van der Waals surface area contributed by atoms with Crippen molar-refractivity contribution in [2.24, 2.45) is 0 Å². The summed E-state index contributed by atoms with van der Waals surface area (Å²) in [5.74, 6) is 0.151. The zero-order valence-corrected chi connectivity index (χ0v) is 13.1. The van der Waals surface area contributed by atoms with Crippen LogP contribution in [0, 0.1) is 20.8 Å². The lowest BCUT2D eigenvalue weighted by Crippen LogP contribution is -2.13. The number of rotatable bonds is 3. The second-order valence-electron chi connectivity index (χ2n) is 4.24. The Morgan fingerprint density at radius 2 is 1.95 bits per heavy atom. The van der Waals surface area contributed by atoms with Crippen LogP contribution in [0.4, 0.5) is 5.88 Å². The van der Waals surface area contributed by atoms with Crippen LogP contribution in [-0.4, -0.2) is 13.6 Å². The second kappa shape index (κ2) is 4.97. The monoisotopic (exact) mass is 344 g/mol. The molecule has 19 heavy (non-hydrogen) atoms. The zero-order valence-electron chi connectivity index (χ0n) is 10.7. The predicted molar refractivity (Wildman–Crippen MR) is 75.7 cm³/mol. The van der Waals surface area contributed by atoms with Crippen molar-refractivity contribution in [1.29, 1.82) is 0 Å². The van der Waals surface area contributed by atoms with Gasteiger partial charge in [0.2, 0.25) is 5.88 Å². The second-order valence-corrected chi connectivity index (χ2v) is 6.78. The van der Waals surface area contributed by atoms with Gasteiger partial charge in [-0.3, -0.25) is 0 Å². The number of aromatic nitrogens is 1. The summed E-state index contributed by atoms with van der Waals surface area (Å²) in [6, 6.07) is 4.81. The molecule has 0 saturated carbocycles. The smallest absolute Gasteiger partial charge is 0.264 e. The fraction of sp³-hybridized carbons (Fsp3) is 0.250. The Bertz CT molecular complexity index is 723. The third-order valence-corrected chi connectivity index (χ3v) is 5.04. The summed E-state index contributed by atoms with van der Waals surface area (Å²) in [5, 5.41) is 3.72. The maximum absolute atomic E-state index is 12.2. The lowest BCUT2D eigenvalue weighted by Gasteiger charge is -2.07. The molecule has 1 aromatic carbocycles. The van der Waals surface area contributed by atoms with Crippen molar-refractivity contribution in [1.82, 2.24) is 5.16 Å². The molecule has 1 N–H and O–H groups in total. The number of nitrogens with zero attached hydrogens (tertiary/aromatic N) is 1. The lowest BCUT2D eigenvalue weighted by atomic mass is 10.2. The topological polar surface area (TPSA) is 72.2 Å². The molecule has 0 amide bonds. The Kier molecular flexibility index (Phi) is 3.69. The summed E-state index contributed by atoms with van der Waals surface area (Å²) < 4.78 is 32.6. The van der Waals surface area contributed by atoms with E-state index in [1.54, 1.807) is 26.0 Å². The van der Waals surface area contributed by atoms with E-state index in [1.807, 2.05) is 6.92 Å². The third-order valence-electron chi connectivity index (χ3n) is 2.82. The van der Waals surface area contributed by atoms with Gasteiger partial charge in [-0.25, -0.2) is 13.1 Å². The van der Waals surface area contributed by atoms with Gasteiger partial charge < -0.3 is 4.52 Å². The van der Waals surface area contributed by atoms with E-state index in [0.717, 1.165) is 10.0 Å². The van der Waals surface area contributed by atoms with Crippen LogP contribution in [0.2, 0.25) is 0 Å². The summed E-state index contributed by atoms with van der Waals surface area (Å²) in [5.41, 5.74) is 2.18. The van der Waals surface area contributed by atoms with E-state index in [9.17, 15) is 8.42 Å². The minimum atomic E-state index is -3.67. The molecule has 0 aliphatic carbocycles. The molecular formula is C12H13BrN2O3S. The van der Waals surface area contributed by atoms with Crippen LogP contribution in [-0.2, 0) is 10.0 Å². The summed E-state index contributed by atoms with van der Waals surface area (Å²) in [6.07, 6.45) is 0. The summed E-state index contributed by atoms with van der Waals surface area (Å²) in [7, 11) is -3.67. The number of halogens is 1. The van der Waals surface area contributed by atoms with Crippen molar-refractivity contribution in [3.05, 3.63) is 39.5 Å².